The number of aryl methyl sites for hydroxylation is 1. The topological polar surface area (TPSA) is 61.3 Å². The van der Waals surface area contributed by atoms with Gasteiger partial charge in [-0.3, -0.25) is 0 Å². The van der Waals surface area contributed by atoms with E-state index < -0.39 is 6.61 Å². The molecular formula is C11H10F2N2O2. The number of anilines is 1. The van der Waals surface area contributed by atoms with Crippen molar-refractivity contribution in [2.24, 2.45) is 0 Å². The molecule has 0 bridgehead atoms. The third kappa shape index (κ3) is 2.35. The summed E-state index contributed by atoms with van der Waals surface area (Å²) in [6.45, 7) is -1.22. The minimum atomic E-state index is -2.89. The Balaban J connectivity index is 2.49. The molecular weight excluding hydrogens is 230 g/mol. The van der Waals surface area contributed by atoms with Crippen LogP contribution in [0.15, 0.2) is 28.8 Å². The average molecular weight is 240 g/mol. The Bertz CT molecular complexity index is 526. The lowest BCUT2D eigenvalue weighted by atomic mass is 10.1. The third-order valence-corrected chi connectivity index (χ3v) is 2.22. The van der Waals surface area contributed by atoms with Crippen molar-refractivity contribution >= 4 is 5.88 Å². The van der Waals surface area contributed by atoms with Crippen molar-refractivity contribution in [2.75, 3.05) is 5.73 Å². The molecule has 0 radical (unpaired) electrons. The summed E-state index contributed by atoms with van der Waals surface area (Å²) in [5.74, 6) is 0.195. The molecule has 0 amide bonds. The van der Waals surface area contributed by atoms with Gasteiger partial charge >= 0.3 is 6.61 Å². The van der Waals surface area contributed by atoms with Gasteiger partial charge in [0.2, 0.25) is 5.88 Å². The van der Waals surface area contributed by atoms with Crippen LogP contribution in [-0.4, -0.2) is 11.8 Å². The Morgan fingerprint density at radius 3 is 2.76 bits per heavy atom. The molecule has 0 fully saturated rings. The molecule has 90 valence electrons. The molecule has 0 saturated heterocycles. The van der Waals surface area contributed by atoms with Crippen molar-refractivity contribution in [1.29, 1.82) is 0 Å². The van der Waals surface area contributed by atoms with Crippen LogP contribution in [0.1, 0.15) is 5.56 Å². The Morgan fingerprint density at radius 1 is 1.41 bits per heavy atom. The van der Waals surface area contributed by atoms with Crippen LogP contribution < -0.4 is 10.5 Å². The number of nitrogen functional groups attached to an aromatic ring is 1. The molecule has 1 aromatic heterocycles. The zero-order valence-electron chi connectivity index (χ0n) is 8.98. The van der Waals surface area contributed by atoms with Gasteiger partial charge in [0.25, 0.3) is 0 Å². The summed E-state index contributed by atoms with van der Waals surface area (Å²) in [5, 5.41) is 3.67. The lowest BCUT2D eigenvalue weighted by Crippen LogP contribution is -2.04. The van der Waals surface area contributed by atoms with Crippen LogP contribution in [0, 0.1) is 6.92 Å². The summed E-state index contributed by atoms with van der Waals surface area (Å²) in [6, 6.07) is 6.45. The standard InChI is InChI=1S/C11H10F2N2O2/c1-6-3-2-4-7(10(6)16-11(12)13)8-5-9(14)17-15-8/h2-5,11H,14H2,1H3. The third-order valence-electron chi connectivity index (χ3n) is 2.22. The number of hydrogen-bond donors (Lipinski definition) is 1. The highest BCUT2D eigenvalue weighted by molar-refractivity contribution is 5.70. The predicted molar refractivity (Wildman–Crippen MR) is 57.7 cm³/mol. The molecule has 0 saturated carbocycles. The Kier molecular flexibility index (Phi) is 2.95. The van der Waals surface area contributed by atoms with Crippen LogP contribution >= 0.6 is 0 Å². The highest BCUT2D eigenvalue weighted by Crippen LogP contribution is 2.33. The van der Waals surface area contributed by atoms with E-state index in [1.54, 1.807) is 25.1 Å². The number of rotatable bonds is 3. The molecule has 0 aliphatic rings. The van der Waals surface area contributed by atoms with Gasteiger partial charge in [0, 0.05) is 11.6 Å². The summed E-state index contributed by atoms with van der Waals surface area (Å²) in [4.78, 5) is 0. The second kappa shape index (κ2) is 4.40. The number of hydrogen-bond acceptors (Lipinski definition) is 4. The van der Waals surface area contributed by atoms with E-state index >= 15 is 0 Å². The Hall–Kier alpha value is -2.11. The average Bonchev–Trinajstić information content (AvgIpc) is 2.67. The smallest absolute Gasteiger partial charge is 0.387 e. The van der Waals surface area contributed by atoms with Crippen molar-refractivity contribution in [1.82, 2.24) is 5.16 Å². The molecule has 1 aromatic carbocycles. The summed E-state index contributed by atoms with van der Waals surface area (Å²) >= 11 is 0. The Morgan fingerprint density at radius 2 is 2.18 bits per heavy atom. The molecule has 0 unspecified atom stereocenters. The van der Waals surface area contributed by atoms with Crippen LogP contribution in [0.2, 0.25) is 0 Å². The van der Waals surface area contributed by atoms with Gasteiger partial charge in [0.1, 0.15) is 11.4 Å². The maximum Gasteiger partial charge on any atom is 0.387 e. The van der Waals surface area contributed by atoms with Crippen molar-refractivity contribution in [3.05, 3.63) is 29.8 Å². The van der Waals surface area contributed by atoms with Crippen molar-refractivity contribution in [2.45, 2.75) is 13.5 Å². The van der Waals surface area contributed by atoms with E-state index in [0.29, 0.717) is 16.8 Å². The largest absolute Gasteiger partial charge is 0.434 e. The number of nitrogens with zero attached hydrogens (tertiary/aromatic N) is 1. The fourth-order valence-corrected chi connectivity index (χ4v) is 1.52. The van der Waals surface area contributed by atoms with Gasteiger partial charge < -0.3 is 15.0 Å². The number of benzene rings is 1. The summed E-state index contributed by atoms with van der Waals surface area (Å²) in [5.41, 5.74) is 6.76. The summed E-state index contributed by atoms with van der Waals surface area (Å²) in [6.07, 6.45) is 0. The highest BCUT2D eigenvalue weighted by atomic mass is 19.3. The van der Waals surface area contributed by atoms with Crippen molar-refractivity contribution in [3.8, 4) is 17.0 Å². The maximum atomic E-state index is 12.3. The van der Waals surface area contributed by atoms with E-state index in [2.05, 4.69) is 9.89 Å². The first-order valence-corrected chi connectivity index (χ1v) is 4.85. The molecule has 0 aliphatic carbocycles. The molecule has 2 N–H and O–H groups in total. The molecule has 4 nitrogen and oxygen atoms in total. The van der Waals surface area contributed by atoms with Gasteiger partial charge in [-0.1, -0.05) is 17.3 Å². The van der Waals surface area contributed by atoms with Gasteiger partial charge in [-0.15, -0.1) is 0 Å². The first kappa shape index (κ1) is 11.4. The zero-order valence-corrected chi connectivity index (χ0v) is 8.98. The minimum absolute atomic E-state index is 0.0794. The van der Waals surface area contributed by atoms with Crippen LogP contribution in [0.25, 0.3) is 11.3 Å². The molecule has 2 rings (SSSR count). The van der Waals surface area contributed by atoms with Gasteiger partial charge in [-0.25, -0.2) is 0 Å². The van der Waals surface area contributed by atoms with Gasteiger partial charge in [0.05, 0.1) is 0 Å². The van der Waals surface area contributed by atoms with E-state index in [-0.39, 0.29) is 11.6 Å². The van der Waals surface area contributed by atoms with E-state index in [0.717, 1.165) is 0 Å². The Labute approximate surface area is 96.0 Å². The lowest BCUT2D eigenvalue weighted by Gasteiger charge is -2.11. The van der Waals surface area contributed by atoms with E-state index in [1.807, 2.05) is 0 Å². The monoisotopic (exact) mass is 240 g/mol. The van der Waals surface area contributed by atoms with Crippen LogP contribution in [0.5, 0.6) is 5.75 Å². The number of nitrogens with two attached hydrogens (primary N) is 1. The number of ether oxygens (including phenoxy) is 1. The first-order valence-electron chi connectivity index (χ1n) is 4.85. The first-order chi connectivity index (χ1) is 8.08. The number of para-hydroxylation sites is 1. The van der Waals surface area contributed by atoms with Crippen molar-refractivity contribution in [3.63, 3.8) is 0 Å². The number of halogens is 2. The van der Waals surface area contributed by atoms with Gasteiger partial charge in [0.15, 0.2) is 0 Å². The van der Waals surface area contributed by atoms with Gasteiger partial charge in [-0.05, 0) is 18.6 Å². The highest BCUT2D eigenvalue weighted by Gasteiger charge is 2.16. The molecule has 6 heteroatoms. The number of aromatic nitrogens is 1. The number of alkyl halides is 2. The molecule has 0 spiro atoms. The maximum absolute atomic E-state index is 12.3. The molecule has 2 aromatic rings. The lowest BCUT2D eigenvalue weighted by molar-refractivity contribution is -0.0499. The van der Waals surface area contributed by atoms with E-state index in [4.69, 9.17) is 10.3 Å². The summed E-state index contributed by atoms with van der Waals surface area (Å²) in [7, 11) is 0. The van der Waals surface area contributed by atoms with Crippen LogP contribution in [0.4, 0.5) is 14.7 Å². The second-order valence-electron chi connectivity index (χ2n) is 3.44. The van der Waals surface area contributed by atoms with Crippen molar-refractivity contribution < 1.29 is 18.0 Å². The second-order valence-corrected chi connectivity index (χ2v) is 3.44. The van der Waals surface area contributed by atoms with Crippen LogP contribution in [-0.2, 0) is 0 Å². The van der Waals surface area contributed by atoms with E-state index in [9.17, 15) is 8.78 Å². The normalized spacial score (nSPS) is 10.8. The predicted octanol–water partition coefficient (Wildman–Crippen LogP) is 2.83. The molecule has 0 aliphatic heterocycles. The minimum Gasteiger partial charge on any atom is -0.434 e. The van der Waals surface area contributed by atoms with E-state index in [1.165, 1.54) is 6.07 Å². The fourth-order valence-electron chi connectivity index (χ4n) is 1.52. The van der Waals surface area contributed by atoms with Crippen LogP contribution in [0.3, 0.4) is 0 Å². The van der Waals surface area contributed by atoms with Gasteiger partial charge in [-0.2, -0.15) is 8.78 Å². The fraction of sp³-hybridized carbons (Fsp3) is 0.182. The molecule has 17 heavy (non-hydrogen) atoms. The quantitative estimate of drug-likeness (QED) is 0.896. The SMILES string of the molecule is Cc1cccc(-c2cc(N)on2)c1OC(F)F. The molecule has 0 atom stereocenters. The molecule has 1 heterocycles. The zero-order chi connectivity index (χ0) is 12.4. The summed E-state index contributed by atoms with van der Waals surface area (Å²) < 4.78 is 33.8.